The van der Waals surface area contributed by atoms with Crippen molar-refractivity contribution in [1.29, 1.82) is 0 Å². The zero-order chi connectivity index (χ0) is 22.4. The lowest BCUT2D eigenvalue weighted by Crippen LogP contribution is -2.44. The Kier molecular flexibility index (Phi) is 4.73. The molecule has 0 spiro atoms. The maximum atomic E-state index is 13.5. The number of carbonyl (C=O) groups is 2. The van der Waals surface area contributed by atoms with Crippen LogP contribution in [0.4, 0.5) is 17.3 Å². The summed E-state index contributed by atoms with van der Waals surface area (Å²) >= 11 is 0. The van der Waals surface area contributed by atoms with Gasteiger partial charge in [0.2, 0.25) is 17.8 Å². The molecule has 3 heterocycles. The SMILES string of the molecule is Cc1nc2c3ccccc3nc(N(C)CC(=O)N3c4ccccc4NC(=O)CC3C)n2n1. The minimum atomic E-state index is -0.280. The van der Waals surface area contributed by atoms with Crippen LogP contribution in [-0.2, 0) is 9.59 Å². The fourth-order valence-electron chi connectivity index (χ4n) is 4.21. The Bertz CT molecular complexity index is 1360. The summed E-state index contributed by atoms with van der Waals surface area (Å²) in [6.45, 7) is 3.77. The highest BCUT2D eigenvalue weighted by atomic mass is 16.2. The molecule has 0 bridgehead atoms. The molecule has 2 aromatic heterocycles. The first kappa shape index (κ1) is 19.9. The Balaban J connectivity index is 1.52. The Hall–Kier alpha value is -4.01. The zero-order valence-corrected chi connectivity index (χ0v) is 18.1. The van der Waals surface area contributed by atoms with E-state index in [2.05, 4.69) is 15.4 Å². The van der Waals surface area contributed by atoms with Gasteiger partial charge in [-0.3, -0.25) is 9.59 Å². The Morgan fingerprint density at radius 3 is 2.75 bits per heavy atom. The lowest BCUT2D eigenvalue weighted by molar-refractivity contribution is -0.118. The molecule has 5 rings (SSSR count). The molecular formula is C23H23N7O2. The second-order valence-corrected chi connectivity index (χ2v) is 8.06. The molecule has 1 N–H and O–H groups in total. The predicted molar refractivity (Wildman–Crippen MR) is 123 cm³/mol. The largest absolute Gasteiger partial charge is 0.334 e. The van der Waals surface area contributed by atoms with Crippen LogP contribution in [0, 0.1) is 6.92 Å². The van der Waals surface area contributed by atoms with Gasteiger partial charge in [-0.05, 0) is 38.1 Å². The third kappa shape index (κ3) is 3.31. The molecule has 1 unspecified atom stereocenters. The minimum absolute atomic E-state index is 0.0617. The van der Waals surface area contributed by atoms with Crippen LogP contribution < -0.4 is 15.1 Å². The molecule has 1 aliphatic heterocycles. The maximum Gasteiger partial charge on any atom is 0.246 e. The molecule has 0 saturated carbocycles. The van der Waals surface area contributed by atoms with Crippen molar-refractivity contribution in [1.82, 2.24) is 19.6 Å². The zero-order valence-electron chi connectivity index (χ0n) is 18.1. The first-order chi connectivity index (χ1) is 15.4. The van der Waals surface area contributed by atoms with Crippen LogP contribution >= 0.6 is 0 Å². The van der Waals surface area contributed by atoms with Crippen LogP contribution in [0.15, 0.2) is 48.5 Å². The van der Waals surface area contributed by atoms with Crippen molar-refractivity contribution in [3.8, 4) is 0 Å². The summed E-state index contributed by atoms with van der Waals surface area (Å²) in [7, 11) is 1.81. The lowest BCUT2D eigenvalue weighted by atomic mass is 10.1. The number of amides is 2. The molecule has 4 aromatic rings. The van der Waals surface area contributed by atoms with Gasteiger partial charge in [-0.1, -0.05) is 24.3 Å². The van der Waals surface area contributed by atoms with Gasteiger partial charge in [0.1, 0.15) is 5.82 Å². The van der Waals surface area contributed by atoms with Crippen molar-refractivity contribution in [2.75, 3.05) is 28.7 Å². The van der Waals surface area contributed by atoms with Crippen LogP contribution in [-0.4, -0.2) is 51.0 Å². The van der Waals surface area contributed by atoms with Crippen molar-refractivity contribution in [3.63, 3.8) is 0 Å². The van der Waals surface area contributed by atoms with Gasteiger partial charge in [0.25, 0.3) is 0 Å². The number of benzene rings is 2. The average molecular weight is 429 g/mol. The topological polar surface area (TPSA) is 95.7 Å². The van der Waals surface area contributed by atoms with Crippen molar-refractivity contribution >= 4 is 45.7 Å². The third-order valence-electron chi connectivity index (χ3n) is 5.61. The molecule has 0 fully saturated rings. The monoisotopic (exact) mass is 429 g/mol. The minimum Gasteiger partial charge on any atom is -0.334 e. The Morgan fingerprint density at radius 2 is 1.91 bits per heavy atom. The summed E-state index contributed by atoms with van der Waals surface area (Å²) in [6.07, 6.45) is 0.227. The molecule has 9 nitrogen and oxygen atoms in total. The number of rotatable bonds is 3. The summed E-state index contributed by atoms with van der Waals surface area (Å²) in [5.41, 5.74) is 2.81. The fraction of sp³-hybridized carbons (Fsp3) is 0.261. The third-order valence-corrected chi connectivity index (χ3v) is 5.61. The molecule has 0 radical (unpaired) electrons. The summed E-state index contributed by atoms with van der Waals surface area (Å²) in [5, 5.41) is 8.29. The van der Waals surface area contributed by atoms with Crippen LogP contribution in [0.25, 0.3) is 16.6 Å². The predicted octanol–water partition coefficient (Wildman–Crippen LogP) is 2.79. The molecular weight excluding hydrogens is 406 g/mol. The van der Waals surface area contributed by atoms with E-state index < -0.39 is 0 Å². The quantitative estimate of drug-likeness (QED) is 0.538. The molecule has 32 heavy (non-hydrogen) atoms. The summed E-state index contributed by atoms with van der Waals surface area (Å²) in [4.78, 5) is 38.5. The van der Waals surface area contributed by atoms with Crippen LogP contribution in [0.3, 0.4) is 0 Å². The highest BCUT2D eigenvalue weighted by Gasteiger charge is 2.30. The Morgan fingerprint density at radius 1 is 1.16 bits per heavy atom. The molecule has 1 atom stereocenters. The number of anilines is 3. The normalized spacial score (nSPS) is 16.0. The molecule has 2 aromatic carbocycles. The molecule has 162 valence electrons. The first-order valence-corrected chi connectivity index (χ1v) is 10.5. The smallest absolute Gasteiger partial charge is 0.246 e. The van der Waals surface area contributed by atoms with E-state index in [9.17, 15) is 9.59 Å². The van der Waals surface area contributed by atoms with Crippen LogP contribution in [0.2, 0.25) is 0 Å². The van der Waals surface area contributed by atoms with Gasteiger partial charge in [0, 0.05) is 24.9 Å². The highest BCUT2D eigenvalue weighted by Crippen LogP contribution is 2.31. The van der Waals surface area contributed by atoms with E-state index in [0.717, 1.165) is 10.9 Å². The molecule has 0 saturated heterocycles. The van der Waals surface area contributed by atoms with Gasteiger partial charge >= 0.3 is 0 Å². The van der Waals surface area contributed by atoms with Crippen molar-refractivity contribution in [3.05, 3.63) is 54.4 Å². The van der Waals surface area contributed by atoms with Gasteiger partial charge in [0.15, 0.2) is 5.65 Å². The molecule has 2 amide bonds. The van der Waals surface area contributed by atoms with Crippen molar-refractivity contribution < 1.29 is 9.59 Å². The number of carbonyl (C=O) groups excluding carboxylic acids is 2. The van der Waals surface area contributed by atoms with E-state index in [-0.39, 0.29) is 30.8 Å². The summed E-state index contributed by atoms with van der Waals surface area (Å²) in [5.74, 6) is 0.912. The Labute approximate surface area is 184 Å². The lowest BCUT2D eigenvalue weighted by Gasteiger charge is -2.30. The number of para-hydroxylation sites is 3. The first-order valence-electron chi connectivity index (χ1n) is 10.5. The van der Waals surface area contributed by atoms with Crippen LogP contribution in [0.5, 0.6) is 0 Å². The van der Waals surface area contributed by atoms with Gasteiger partial charge in [-0.25, -0.2) is 9.97 Å². The number of aromatic nitrogens is 4. The number of hydrogen-bond acceptors (Lipinski definition) is 6. The standard InChI is InChI=1S/C23H23N7O2/c1-14-12-20(31)25-18-10-6-7-11-19(18)29(14)21(32)13-28(3)23-26-17-9-5-4-8-16(17)22-24-15(2)27-30(22)23/h4-11,14H,12-13H2,1-3H3,(H,25,31). The number of nitrogens with one attached hydrogen (secondary N) is 1. The average Bonchev–Trinajstić information content (AvgIpc) is 3.09. The van der Waals surface area contributed by atoms with E-state index in [1.807, 2.05) is 69.4 Å². The van der Waals surface area contributed by atoms with Crippen molar-refractivity contribution in [2.45, 2.75) is 26.3 Å². The van der Waals surface area contributed by atoms with Gasteiger partial charge in [-0.15, -0.1) is 5.10 Å². The number of likely N-dealkylation sites (N-methyl/N-ethyl adjacent to an activating group) is 1. The second kappa shape index (κ2) is 7.60. The number of fused-ring (bicyclic) bond motifs is 4. The number of nitrogens with zero attached hydrogens (tertiary/aromatic N) is 6. The van der Waals surface area contributed by atoms with E-state index in [1.165, 1.54) is 0 Å². The fourth-order valence-corrected chi connectivity index (χ4v) is 4.21. The highest BCUT2D eigenvalue weighted by molar-refractivity contribution is 6.05. The molecule has 1 aliphatic rings. The second-order valence-electron chi connectivity index (χ2n) is 8.06. The molecule has 0 aliphatic carbocycles. The number of hydrogen-bond donors (Lipinski definition) is 1. The number of aryl methyl sites for hydroxylation is 1. The van der Waals surface area contributed by atoms with E-state index >= 15 is 0 Å². The summed E-state index contributed by atoms with van der Waals surface area (Å²) < 4.78 is 1.68. The van der Waals surface area contributed by atoms with Gasteiger partial charge in [0.05, 0.1) is 23.4 Å². The van der Waals surface area contributed by atoms with Crippen LogP contribution in [0.1, 0.15) is 19.2 Å². The summed E-state index contributed by atoms with van der Waals surface area (Å²) in [6, 6.07) is 14.8. The van der Waals surface area contributed by atoms with E-state index in [4.69, 9.17) is 4.98 Å². The van der Waals surface area contributed by atoms with Gasteiger partial charge in [-0.2, -0.15) is 4.52 Å². The van der Waals surface area contributed by atoms with Crippen molar-refractivity contribution in [2.24, 2.45) is 0 Å². The van der Waals surface area contributed by atoms with Gasteiger partial charge < -0.3 is 15.1 Å². The maximum absolute atomic E-state index is 13.5. The molecule has 9 heteroatoms. The van der Waals surface area contributed by atoms with E-state index in [0.29, 0.717) is 28.8 Å². The van der Waals surface area contributed by atoms with E-state index in [1.54, 1.807) is 14.3 Å².